The van der Waals surface area contributed by atoms with Crippen molar-refractivity contribution in [2.24, 2.45) is 0 Å². The number of carbonyl (C=O) groups is 2. The van der Waals surface area contributed by atoms with Crippen LogP contribution in [-0.4, -0.2) is 25.6 Å². The van der Waals surface area contributed by atoms with Crippen molar-refractivity contribution < 1.29 is 19.1 Å². The minimum Gasteiger partial charge on any atom is -0.497 e. The summed E-state index contributed by atoms with van der Waals surface area (Å²) in [5.74, 6) is -0.337. The summed E-state index contributed by atoms with van der Waals surface area (Å²) in [4.78, 5) is 24.3. The summed E-state index contributed by atoms with van der Waals surface area (Å²) in [7, 11) is 1.56. The van der Waals surface area contributed by atoms with E-state index < -0.39 is 11.9 Å². The van der Waals surface area contributed by atoms with Crippen LogP contribution in [0.3, 0.4) is 0 Å². The molecule has 0 aliphatic carbocycles. The molecule has 0 atom stereocenters. The maximum Gasteiger partial charge on any atom is 0.338 e. The van der Waals surface area contributed by atoms with Crippen molar-refractivity contribution in [2.75, 3.05) is 19.0 Å². The molecule has 6 nitrogen and oxygen atoms in total. The van der Waals surface area contributed by atoms with E-state index in [0.717, 1.165) is 6.42 Å². The summed E-state index contributed by atoms with van der Waals surface area (Å²) < 4.78 is 10.2. The lowest BCUT2D eigenvalue weighted by Gasteiger charge is -2.07. The number of ether oxygens (including phenoxy) is 2. The lowest BCUT2D eigenvalue weighted by atomic mass is 10.1. The number of carbonyl (C=O) groups excluding carboxylic acids is 2. The van der Waals surface area contributed by atoms with E-state index in [2.05, 4.69) is 5.32 Å². The Morgan fingerprint density at radius 3 is 2.56 bits per heavy atom. The standard InChI is InChI=1S/C21H20N2O4/c1-3-11-27-21(25)16-5-4-6-18(13-16)23-20(24)17(14-22)12-15-7-9-19(26-2)10-8-15/h4-10,12-13H,3,11H2,1-2H3,(H,23,24). The van der Waals surface area contributed by atoms with Crippen LogP contribution in [0.15, 0.2) is 54.1 Å². The largest absolute Gasteiger partial charge is 0.497 e. The van der Waals surface area contributed by atoms with Gasteiger partial charge in [-0.25, -0.2) is 4.79 Å². The van der Waals surface area contributed by atoms with Crippen molar-refractivity contribution in [1.29, 1.82) is 5.26 Å². The average Bonchev–Trinajstić information content (AvgIpc) is 2.70. The van der Waals surface area contributed by atoms with Crippen LogP contribution in [0.4, 0.5) is 5.69 Å². The van der Waals surface area contributed by atoms with Gasteiger partial charge in [-0.2, -0.15) is 5.26 Å². The zero-order chi connectivity index (χ0) is 19.6. The molecule has 1 amide bonds. The highest BCUT2D eigenvalue weighted by Gasteiger charge is 2.12. The van der Waals surface area contributed by atoms with Gasteiger partial charge in [0.25, 0.3) is 5.91 Å². The molecular weight excluding hydrogens is 344 g/mol. The van der Waals surface area contributed by atoms with Crippen LogP contribution < -0.4 is 10.1 Å². The van der Waals surface area contributed by atoms with Gasteiger partial charge in [0, 0.05) is 5.69 Å². The molecule has 0 fully saturated rings. The highest BCUT2D eigenvalue weighted by molar-refractivity contribution is 6.10. The molecule has 2 aromatic rings. The molecule has 1 N–H and O–H groups in total. The number of methoxy groups -OCH3 is 1. The Morgan fingerprint density at radius 2 is 1.93 bits per heavy atom. The van der Waals surface area contributed by atoms with Crippen LogP contribution in [-0.2, 0) is 9.53 Å². The number of esters is 1. The van der Waals surface area contributed by atoms with Crippen molar-refractivity contribution in [3.63, 3.8) is 0 Å². The third-order valence-corrected chi connectivity index (χ3v) is 3.59. The third-order valence-electron chi connectivity index (χ3n) is 3.59. The summed E-state index contributed by atoms with van der Waals surface area (Å²) in [6.45, 7) is 2.24. The van der Waals surface area contributed by atoms with E-state index >= 15 is 0 Å². The van der Waals surface area contributed by atoms with Crippen LogP contribution >= 0.6 is 0 Å². The Kier molecular flexibility index (Phi) is 7.15. The monoisotopic (exact) mass is 364 g/mol. The summed E-state index contributed by atoms with van der Waals surface area (Å²) >= 11 is 0. The molecule has 2 rings (SSSR count). The number of amides is 1. The molecular formula is C21H20N2O4. The number of nitrogens with zero attached hydrogens (tertiary/aromatic N) is 1. The predicted molar refractivity (Wildman–Crippen MR) is 102 cm³/mol. The molecule has 0 saturated carbocycles. The first-order valence-corrected chi connectivity index (χ1v) is 8.41. The van der Waals surface area contributed by atoms with Crippen molar-refractivity contribution in [2.45, 2.75) is 13.3 Å². The zero-order valence-corrected chi connectivity index (χ0v) is 15.2. The molecule has 0 radical (unpaired) electrons. The number of nitrogens with one attached hydrogen (secondary N) is 1. The fourth-order valence-electron chi connectivity index (χ4n) is 2.22. The fourth-order valence-corrected chi connectivity index (χ4v) is 2.22. The van der Waals surface area contributed by atoms with Crippen molar-refractivity contribution in [3.05, 3.63) is 65.2 Å². The van der Waals surface area contributed by atoms with Gasteiger partial charge in [0.15, 0.2) is 0 Å². The molecule has 0 spiro atoms. The van der Waals surface area contributed by atoms with E-state index in [1.54, 1.807) is 49.6 Å². The normalized spacial score (nSPS) is 10.6. The number of benzene rings is 2. The maximum absolute atomic E-state index is 12.4. The Hall–Kier alpha value is -3.59. The number of hydrogen-bond donors (Lipinski definition) is 1. The van der Waals surface area contributed by atoms with Gasteiger partial charge in [0.05, 0.1) is 19.3 Å². The van der Waals surface area contributed by atoms with Gasteiger partial charge >= 0.3 is 5.97 Å². The van der Waals surface area contributed by atoms with Gasteiger partial charge in [0.2, 0.25) is 0 Å². The molecule has 27 heavy (non-hydrogen) atoms. The number of nitriles is 1. The highest BCUT2D eigenvalue weighted by atomic mass is 16.5. The summed E-state index contributed by atoms with van der Waals surface area (Å²) in [6, 6.07) is 15.2. The van der Waals surface area contributed by atoms with E-state index in [-0.39, 0.29) is 5.57 Å². The molecule has 0 bridgehead atoms. The van der Waals surface area contributed by atoms with Crippen LogP contribution in [0, 0.1) is 11.3 Å². The van der Waals surface area contributed by atoms with Gasteiger partial charge in [-0.1, -0.05) is 25.1 Å². The van der Waals surface area contributed by atoms with E-state index in [0.29, 0.717) is 29.2 Å². The first-order chi connectivity index (χ1) is 13.1. The predicted octanol–water partition coefficient (Wildman–Crippen LogP) is 3.81. The quantitative estimate of drug-likeness (QED) is 0.458. The smallest absolute Gasteiger partial charge is 0.338 e. The molecule has 0 aromatic heterocycles. The molecule has 0 heterocycles. The Morgan fingerprint density at radius 1 is 1.19 bits per heavy atom. The Balaban J connectivity index is 2.13. The third kappa shape index (κ3) is 5.72. The maximum atomic E-state index is 12.4. The summed E-state index contributed by atoms with van der Waals surface area (Å²) in [6.07, 6.45) is 2.21. The molecule has 138 valence electrons. The van der Waals surface area contributed by atoms with Gasteiger partial charge in [-0.15, -0.1) is 0 Å². The van der Waals surface area contributed by atoms with Crippen molar-refractivity contribution in [1.82, 2.24) is 0 Å². The summed E-state index contributed by atoms with van der Waals surface area (Å²) in [5, 5.41) is 11.9. The Labute approximate surface area is 158 Å². The fraction of sp³-hybridized carbons (Fsp3) is 0.190. The number of hydrogen-bond acceptors (Lipinski definition) is 5. The van der Waals surface area contributed by atoms with E-state index in [1.807, 2.05) is 13.0 Å². The van der Waals surface area contributed by atoms with Crippen LogP contribution in [0.1, 0.15) is 29.3 Å². The SMILES string of the molecule is CCCOC(=O)c1cccc(NC(=O)C(C#N)=Cc2ccc(OC)cc2)c1. The molecule has 6 heteroatoms. The number of rotatable bonds is 7. The van der Waals surface area contributed by atoms with Gasteiger partial charge in [-0.3, -0.25) is 4.79 Å². The van der Waals surface area contributed by atoms with E-state index in [1.165, 1.54) is 12.1 Å². The van der Waals surface area contributed by atoms with Crippen molar-refractivity contribution in [3.8, 4) is 11.8 Å². The average molecular weight is 364 g/mol. The summed E-state index contributed by atoms with van der Waals surface area (Å²) in [5.41, 5.74) is 1.37. The second-order valence-corrected chi connectivity index (χ2v) is 5.61. The molecule has 0 aliphatic rings. The topological polar surface area (TPSA) is 88.4 Å². The first-order valence-electron chi connectivity index (χ1n) is 8.41. The van der Waals surface area contributed by atoms with Crippen LogP contribution in [0.2, 0.25) is 0 Å². The second kappa shape index (κ2) is 9.78. The molecule has 0 aliphatic heterocycles. The van der Waals surface area contributed by atoms with Crippen LogP contribution in [0.5, 0.6) is 5.75 Å². The lowest BCUT2D eigenvalue weighted by molar-refractivity contribution is -0.112. The lowest BCUT2D eigenvalue weighted by Crippen LogP contribution is -2.14. The minimum absolute atomic E-state index is 0.0564. The first kappa shape index (κ1) is 19.7. The number of anilines is 1. The molecule has 0 saturated heterocycles. The molecule has 2 aromatic carbocycles. The van der Waals surface area contributed by atoms with Gasteiger partial charge in [0.1, 0.15) is 17.4 Å². The van der Waals surface area contributed by atoms with E-state index in [4.69, 9.17) is 9.47 Å². The van der Waals surface area contributed by atoms with E-state index in [9.17, 15) is 14.9 Å². The van der Waals surface area contributed by atoms with Crippen molar-refractivity contribution >= 4 is 23.6 Å². The highest BCUT2D eigenvalue weighted by Crippen LogP contribution is 2.16. The minimum atomic E-state index is -0.563. The Bertz CT molecular complexity index is 880. The molecule has 0 unspecified atom stereocenters. The zero-order valence-electron chi connectivity index (χ0n) is 15.2. The van der Waals surface area contributed by atoms with Gasteiger partial charge in [-0.05, 0) is 48.4 Å². The van der Waals surface area contributed by atoms with Crippen LogP contribution in [0.25, 0.3) is 6.08 Å². The van der Waals surface area contributed by atoms with Gasteiger partial charge < -0.3 is 14.8 Å². The second-order valence-electron chi connectivity index (χ2n) is 5.61.